The van der Waals surface area contributed by atoms with E-state index in [1.165, 1.54) is 0 Å². The van der Waals surface area contributed by atoms with Crippen LogP contribution in [0.3, 0.4) is 0 Å². The Bertz CT molecular complexity index is 422. The van der Waals surface area contributed by atoms with Crippen LogP contribution in [0.25, 0.3) is 0 Å². The number of hydrogen-bond acceptors (Lipinski definition) is 3. The molecule has 1 rings (SSSR count). The van der Waals surface area contributed by atoms with Crippen LogP contribution in [0.1, 0.15) is 6.42 Å². The van der Waals surface area contributed by atoms with Gasteiger partial charge in [-0.05, 0) is 24.3 Å². The van der Waals surface area contributed by atoms with Crippen LogP contribution in [-0.2, 0) is 4.79 Å². The molecule has 1 atom stereocenters. The van der Waals surface area contributed by atoms with E-state index in [4.69, 9.17) is 10.2 Å². The molecule has 0 saturated carbocycles. The van der Waals surface area contributed by atoms with Crippen LogP contribution in [0.5, 0.6) is 0 Å². The second-order valence-corrected chi connectivity index (χ2v) is 4.50. The van der Waals surface area contributed by atoms with Crippen LogP contribution in [0.4, 0.5) is 10.5 Å². The van der Waals surface area contributed by atoms with Crippen molar-refractivity contribution in [2.75, 3.05) is 11.9 Å². The van der Waals surface area contributed by atoms with E-state index in [1.54, 1.807) is 24.3 Å². The number of rotatable bonds is 5. The molecule has 0 saturated heterocycles. The van der Waals surface area contributed by atoms with Crippen LogP contribution < -0.4 is 10.6 Å². The molecule has 0 spiro atoms. The maximum Gasteiger partial charge on any atom is 0.404 e. The van der Waals surface area contributed by atoms with Crippen LogP contribution in [0.15, 0.2) is 28.7 Å². The zero-order valence-corrected chi connectivity index (χ0v) is 11.0. The molecular formula is C11H13BrN2O4. The molecule has 0 aliphatic heterocycles. The lowest BCUT2D eigenvalue weighted by Crippen LogP contribution is -2.39. The lowest BCUT2D eigenvalue weighted by molar-refractivity contribution is -0.116. The molecule has 0 aliphatic carbocycles. The van der Waals surface area contributed by atoms with Gasteiger partial charge in [-0.1, -0.05) is 15.9 Å². The van der Waals surface area contributed by atoms with Crippen molar-refractivity contribution in [2.45, 2.75) is 12.5 Å². The van der Waals surface area contributed by atoms with Gasteiger partial charge in [0, 0.05) is 16.6 Å². The van der Waals surface area contributed by atoms with Crippen molar-refractivity contribution in [2.24, 2.45) is 0 Å². The number of halogens is 1. The Labute approximate surface area is 112 Å². The molecule has 18 heavy (non-hydrogen) atoms. The summed E-state index contributed by atoms with van der Waals surface area (Å²) >= 11 is 3.27. The predicted molar refractivity (Wildman–Crippen MR) is 69.4 cm³/mol. The lowest BCUT2D eigenvalue weighted by atomic mass is 10.2. The van der Waals surface area contributed by atoms with Gasteiger partial charge in [-0.25, -0.2) is 4.79 Å². The smallest absolute Gasteiger partial charge is 0.404 e. The summed E-state index contributed by atoms with van der Waals surface area (Å²) in [5.41, 5.74) is 0.607. The number of carbonyl (C=O) groups excluding carboxylic acids is 1. The maximum absolute atomic E-state index is 11.6. The van der Waals surface area contributed by atoms with Gasteiger partial charge in [0.1, 0.15) is 0 Å². The molecule has 0 unspecified atom stereocenters. The van der Waals surface area contributed by atoms with Gasteiger partial charge >= 0.3 is 6.09 Å². The number of benzene rings is 1. The van der Waals surface area contributed by atoms with Crippen LogP contribution >= 0.6 is 15.9 Å². The summed E-state index contributed by atoms with van der Waals surface area (Å²) in [5, 5.41) is 22.1. The summed E-state index contributed by atoms with van der Waals surface area (Å²) in [5.74, 6) is -0.370. The second-order valence-electron chi connectivity index (χ2n) is 3.59. The first kappa shape index (κ1) is 14.5. The minimum atomic E-state index is -1.27. The zero-order valence-electron chi connectivity index (χ0n) is 9.39. The summed E-state index contributed by atoms with van der Waals surface area (Å²) < 4.78 is 0.890. The second kappa shape index (κ2) is 6.97. The quantitative estimate of drug-likeness (QED) is 0.660. The SMILES string of the molecule is O=C(O)N[C@H](CO)CC(=O)Nc1ccc(Br)cc1. The van der Waals surface area contributed by atoms with Gasteiger partial charge in [0.2, 0.25) is 5.91 Å². The van der Waals surface area contributed by atoms with E-state index >= 15 is 0 Å². The molecule has 98 valence electrons. The highest BCUT2D eigenvalue weighted by molar-refractivity contribution is 9.10. The Balaban J connectivity index is 2.49. The van der Waals surface area contributed by atoms with Crippen molar-refractivity contribution < 1.29 is 19.8 Å². The third-order valence-corrected chi connectivity index (χ3v) is 2.64. The summed E-state index contributed by atoms with van der Waals surface area (Å²) in [6, 6.07) is 6.16. The Morgan fingerprint density at radius 2 is 1.89 bits per heavy atom. The monoisotopic (exact) mass is 316 g/mol. The van der Waals surface area contributed by atoms with Crippen LogP contribution in [-0.4, -0.2) is 34.9 Å². The molecule has 0 radical (unpaired) electrons. The molecule has 0 bridgehead atoms. The molecule has 2 amide bonds. The Hall–Kier alpha value is -1.60. The highest BCUT2D eigenvalue weighted by atomic mass is 79.9. The molecule has 0 aliphatic rings. The Kier molecular flexibility index (Phi) is 5.60. The maximum atomic E-state index is 11.6. The van der Waals surface area contributed by atoms with Crippen molar-refractivity contribution in [1.29, 1.82) is 0 Å². The van der Waals surface area contributed by atoms with E-state index in [0.717, 1.165) is 4.47 Å². The zero-order chi connectivity index (χ0) is 13.5. The number of amides is 2. The average Bonchev–Trinajstić information content (AvgIpc) is 2.30. The van der Waals surface area contributed by atoms with E-state index in [2.05, 4.69) is 26.6 Å². The number of anilines is 1. The fraction of sp³-hybridized carbons (Fsp3) is 0.273. The van der Waals surface area contributed by atoms with Gasteiger partial charge in [0.05, 0.1) is 12.6 Å². The molecule has 1 aromatic rings. The molecule has 0 fully saturated rings. The summed E-state index contributed by atoms with van der Waals surface area (Å²) in [7, 11) is 0. The topological polar surface area (TPSA) is 98.7 Å². The fourth-order valence-corrected chi connectivity index (χ4v) is 1.57. The first-order valence-corrected chi connectivity index (χ1v) is 5.96. The largest absolute Gasteiger partial charge is 0.465 e. The third kappa shape index (κ3) is 5.15. The Morgan fingerprint density at radius 3 is 2.39 bits per heavy atom. The molecule has 4 N–H and O–H groups in total. The predicted octanol–water partition coefficient (Wildman–Crippen LogP) is 1.41. The molecule has 7 heteroatoms. The van der Waals surface area contributed by atoms with E-state index in [-0.39, 0.29) is 12.3 Å². The highest BCUT2D eigenvalue weighted by Gasteiger charge is 2.14. The van der Waals surface area contributed by atoms with E-state index in [0.29, 0.717) is 5.69 Å². The molecule has 0 heterocycles. The molecule has 6 nitrogen and oxygen atoms in total. The summed E-state index contributed by atoms with van der Waals surface area (Å²) in [6.07, 6.45) is -1.40. The average molecular weight is 317 g/mol. The standard InChI is InChI=1S/C11H13BrN2O4/c12-7-1-3-8(4-2-7)13-10(16)5-9(6-15)14-11(17)18/h1-4,9,14-15H,5-6H2,(H,13,16)(H,17,18)/t9-/m0/s1. The number of nitrogens with one attached hydrogen (secondary N) is 2. The normalized spacial score (nSPS) is 11.7. The summed E-state index contributed by atoms with van der Waals surface area (Å²) in [6.45, 7) is -0.430. The lowest BCUT2D eigenvalue weighted by Gasteiger charge is -2.13. The molecule has 0 aromatic heterocycles. The highest BCUT2D eigenvalue weighted by Crippen LogP contribution is 2.14. The van der Waals surface area contributed by atoms with Crippen molar-refractivity contribution in [3.05, 3.63) is 28.7 Å². The van der Waals surface area contributed by atoms with Crippen molar-refractivity contribution in [3.8, 4) is 0 Å². The molecule has 1 aromatic carbocycles. The molecular weight excluding hydrogens is 304 g/mol. The van der Waals surface area contributed by atoms with Gasteiger partial charge in [-0.15, -0.1) is 0 Å². The van der Waals surface area contributed by atoms with Gasteiger partial charge in [0.25, 0.3) is 0 Å². The van der Waals surface area contributed by atoms with Gasteiger partial charge in [-0.3, -0.25) is 4.79 Å². The first-order valence-electron chi connectivity index (χ1n) is 5.17. The Morgan fingerprint density at radius 1 is 1.28 bits per heavy atom. The van der Waals surface area contributed by atoms with E-state index < -0.39 is 18.7 Å². The number of aliphatic hydroxyl groups excluding tert-OH is 1. The first-order chi connectivity index (χ1) is 8.51. The minimum Gasteiger partial charge on any atom is -0.465 e. The minimum absolute atomic E-state index is 0.126. The van der Waals surface area contributed by atoms with Gasteiger partial charge in [0.15, 0.2) is 0 Å². The van der Waals surface area contributed by atoms with Crippen molar-refractivity contribution in [1.82, 2.24) is 5.32 Å². The third-order valence-electron chi connectivity index (χ3n) is 2.11. The number of hydrogen-bond donors (Lipinski definition) is 4. The number of carboxylic acid groups (broad SMARTS) is 1. The summed E-state index contributed by atoms with van der Waals surface area (Å²) in [4.78, 5) is 22.0. The van der Waals surface area contributed by atoms with Crippen LogP contribution in [0.2, 0.25) is 0 Å². The van der Waals surface area contributed by atoms with Crippen molar-refractivity contribution in [3.63, 3.8) is 0 Å². The van der Waals surface area contributed by atoms with E-state index in [1.807, 2.05) is 0 Å². The number of carbonyl (C=O) groups is 2. The number of aliphatic hydroxyl groups is 1. The fourth-order valence-electron chi connectivity index (χ4n) is 1.30. The van der Waals surface area contributed by atoms with Gasteiger partial charge in [-0.2, -0.15) is 0 Å². The van der Waals surface area contributed by atoms with E-state index in [9.17, 15) is 9.59 Å². The van der Waals surface area contributed by atoms with Crippen LogP contribution in [0, 0.1) is 0 Å². The van der Waals surface area contributed by atoms with Crippen molar-refractivity contribution >= 4 is 33.6 Å². The van der Waals surface area contributed by atoms with Gasteiger partial charge < -0.3 is 20.8 Å².